The van der Waals surface area contributed by atoms with E-state index in [-0.39, 0.29) is 23.6 Å². The van der Waals surface area contributed by atoms with Crippen LogP contribution in [0.5, 0.6) is 0 Å². The Morgan fingerprint density at radius 1 is 1.34 bits per heavy atom. The van der Waals surface area contributed by atoms with E-state index in [1.54, 1.807) is 23.6 Å². The minimum Gasteiger partial charge on any atom is -0.371 e. The molecule has 3 rings (SSSR count). The van der Waals surface area contributed by atoms with Crippen LogP contribution in [0.15, 0.2) is 22.4 Å². The van der Waals surface area contributed by atoms with Gasteiger partial charge in [-0.15, -0.1) is 11.3 Å². The number of anilines is 1. The van der Waals surface area contributed by atoms with Crippen molar-refractivity contribution < 1.29 is 4.79 Å². The molecule has 29 heavy (non-hydrogen) atoms. The van der Waals surface area contributed by atoms with Crippen molar-refractivity contribution in [2.24, 2.45) is 0 Å². The second-order valence-electron chi connectivity index (χ2n) is 8.35. The minimum atomic E-state index is -0.115. The van der Waals surface area contributed by atoms with E-state index < -0.39 is 0 Å². The first-order chi connectivity index (χ1) is 13.8. The average molecular weight is 418 g/mol. The summed E-state index contributed by atoms with van der Waals surface area (Å²) in [6.45, 7) is 9.60. The van der Waals surface area contributed by atoms with E-state index in [2.05, 4.69) is 37.8 Å². The molecule has 0 unspecified atom stereocenters. The zero-order valence-corrected chi connectivity index (χ0v) is 18.8. The first kappa shape index (κ1) is 21.5. The van der Waals surface area contributed by atoms with E-state index in [0.29, 0.717) is 18.9 Å². The number of piperidine rings is 1. The van der Waals surface area contributed by atoms with Crippen LogP contribution in [0.1, 0.15) is 63.2 Å². The Morgan fingerprint density at radius 2 is 2.10 bits per heavy atom. The third-order valence-electron chi connectivity index (χ3n) is 5.48. The molecule has 0 aromatic carbocycles. The standard InChI is InChI=1S/C21H31N5O2S/c1-14(2)21-23-16(13-29-21)9-19(27)25-8-6-7-17(12-25)26-20(28)10-18(11-22-26)24(5)15(3)4/h10-11,13-15,17H,6-9,12H2,1-5H3/t17-/m0/s1. The third-order valence-corrected chi connectivity index (χ3v) is 6.68. The van der Waals surface area contributed by atoms with Gasteiger partial charge in [0, 0.05) is 43.5 Å². The zero-order chi connectivity index (χ0) is 21.1. The van der Waals surface area contributed by atoms with Crippen molar-refractivity contribution in [1.29, 1.82) is 0 Å². The number of aromatic nitrogens is 3. The lowest BCUT2D eigenvalue weighted by Crippen LogP contribution is -2.44. The molecule has 7 nitrogen and oxygen atoms in total. The first-order valence-corrected chi connectivity index (χ1v) is 11.2. The Balaban J connectivity index is 1.68. The minimum absolute atomic E-state index is 0.0690. The van der Waals surface area contributed by atoms with Crippen molar-refractivity contribution in [3.05, 3.63) is 38.7 Å². The molecule has 1 aliphatic heterocycles. The number of amides is 1. The van der Waals surface area contributed by atoms with Gasteiger partial charge in [0.15, 0.2) is 0 Å². The summed E-state index contributed by atoms with van der Waals surface area (Å²) in [7, 11) is 1.95. The molecule has 0 spiro atoms. The highest BCUT2D eigenvalue weighted by Crippen LogP contribution is 2.23. The predicted octanol–water partition coefficient (Wildman–Crippen LogP) is 3.07. The summed E-state index contributed by atoms with van der Waals surface area (Å²) in [5.74, 6) is 0.443. The van der Waals surface area contributed by atoms with E-state index in [0.717, 1.165) is 35.8 Å². The average Bonchev–Trinajstić information content (AvgIpc) is 3.16. The maximum atomic E-state index is 12.8. The highest BCUT2D eigenvalue weighted by molar-refractivity contribution is 7.09. The van der Waals surface area contributed by atoms with Crippen LogP contribution in [-0.4, -0.2) is 51.8 Å². The summed E-state index contributed by atoms with van der Waals surface area (Å²) in [6, 6.07) is 1.84. The molecule has 2 aromatic rings. The fourth-order valence-corrected chi connectivity index (χ4v) is 4.33. The van der Waals surface area contributed by atoms with Crippen molar-refractivity contribution >= 4 is 22.9 Å². The number of thiazole rings is 1. The van der Waals surface area contributed by atoms with Crippen LogP contribution in [0.4, 0.5) is 5.69 Å². The van der Waals surface area contributed by atoms with Crippen LogP contribution in [0.3, 0.4) is 0 Å². The monoisotopic (exact) mass is 417 g/mol. The Bertz CT molecular complexity index is 904. The van der Waals surface area contributed by atoms with Crippen molar-refractivity contribution in [3.8, 4) is 0 Å². The second-order valence-corrected chi connectivity index (χ2v) is 9.24. The summed E-state index contributed by atoms with van der Waals surface area (Å²) in [5.41, 5.74) is 1.53. The summed E-state index contributed by atoms with van der Waals surface area (Å²) in [4.78, 5) is 33.9. The molecule has 2 aromatic heterocycles. The predicted molar refractivity (Wildman–Crippen MR) is 117 cm³/mol. The van der Waals surface area contributed by atoms with Gasteiger partial charge in [-0.1, -0.05) is 13.8 Å². The van der Waals surface area contributed by atoms with Gasteiger partial charge in [-0.2, -0.15) is 5.10 Å². The Labute approximate surface area is 176 Å². The van der Waals surface area contributed by atoms with Gasteiger partial charge in [0.2, 0.25) is 5.91 Å². The summed E-state index contributed by atoms with van der Waals surface area (Å²) >= 11 is 1.61. The van der Waals surface area contributed by atoms with Gasteiger partial charge in [-0.3, -0.25) is 9.59 Å². The van der Waals surface area contributed by atoms with Crippen LogP contribution >= 0.6 is 11.3 Å². The number of hydrogen-bond donors (Lipinski definition) is 0. The van der Waals surface area contributed by atoms with Crippen LogP contribution in [0.25, 0.3) is 0 Å². The molecule has 0 saturated carbocycles. The van der Waals surface area contributed by atoms with E-state index >= 15 is 0 Å². The van der Waals surface area contributed by atoms with Crippen molar-refractivity contribution in [2.75, 3.05) is 25.0 Å². The van der Waals surface area contributed by atoms with E-state index in [9.17, 15) is 9.59 Å². The summed E-state index contributed by atoms with van der Waals surface area (Å²) in [5, 5.41) is 7.46. The van der Waals surface area contributed by atoms with Gasteiger partial charge in [-0.25, -0.2) is 9.67 Å². The third kappa shape index (κ3) is 5.04. The number of carbonyl (C=O) groups is 1. The Hall–Kier alpha value is -2.22. The quantitative estimate of drug-likeness (QED) is 0.722. The van der Waals surface area contributed by atoms with E-state index in [1.807, 2.05) is 22.2 Å². The number of nitrogens with zero attached hydrogens (tertiary/aromatic N) is 5. The molecule has 0 bridgehead atoms. The van der Waals surface area contributed by atoms with Gasteiger partial charge >= 0.3 is 0 Å². The molecule has 1 fully saturated rings. The summed E-state index contributed by atoms with van der Waals surface area (Å²) < 4.78 is 1.54. The smallest absolute Gasteiger partial charge is 0.269 e. The first-order valence-electron chi connectivity index (χ1n) is 10.3. The fourth-order valence-electron chi connectivity index (χ4n) is 3.49. The number of hydrogen-bond acceptors (Lipinski definition) is 6. The van der Waals surface area contributed by atoms with Gasteiger partial charge in [0.1, 0.15) is 0 Å². The Kier molecular flexibility index (Phi) is 6.72. The fraction of sp³-hybridized carbons (Fsp3) is 0.619. The molecule has 0 radical (unpaired) electrons. The molecule has 1 atom stereocenters. The zero-order valence-electron chi connectivity index (χ0n) is 18.0. The molecule has 8 heteroatoms. The van der Waals surface area contributed by atoms with Crippen LogP contribution < -0.4 is 10.5 Å². The topological polar surface area (TPSA) is 71.3 Å². The number of rotatable bonds is 6. The van der Waals surface area contributed by atoms with E-state index in [1.165, 1.54) is 4.68 Å². The van der Waals surface area contributed by atoms with Crippen LogP contribution in [0, 0.1) is 0 Å². The second kappa shape index (κ2) is 9.07. The number of carbonyl (C=O) groups excluding carboxylic acids is 1. The lowest BCUT2D eigenvalue weighted by atomic mass is 10.1. The number of likely N-dealkylation sites (tertiary alicyclic amines) is 1. The molecular formula is C21H31N5O2S. The SMILES string of the molecule is CC(C)c1nc(CC(=O)N2CCC[C@H](n3ncc(N(C)C(C)C)cc3=O)C2)cs1. The van der Waals surface area contributed by atoms with Crippen molar-refractivity contribution in [2.45, 2.75) is 65.0 Å². The molecular weight excluding hydrogens is 386 g/mol. The maximum absolute atomic E-state index is 12.8. The normalized spacial score (nSPS) is 17.2. The maximum Gasteiger partial charge on any atom is 0.269 e. The highest BCUT2D eigenvalue weighted by atomic mass is 32.1. The molecule has 1 aliphatic rings. The van der Waals surface area contributed by atoms with Crippen molar-refractivity contribution in [3.63, 3.8) is 0 Å². The Morgan fingerprint density at radius 3 is 2.72 bits per heavy atom. The van der Waals surface area contributed by atoms with E-state index in [4.69, 9.17) is 0 Å². The summed E-state index contributed by atoms with van der Waals surface area (Å²) in [6.07, 6.45) is 3.78. The molecule has 0 N–H and O–H groups in total. The molecule has 0 aliphatic carbocycles. The molecule has 3 heterocycles. The van der Waals surface area contributed by atoms with Gasteiger partial charge in [-0.05, 0) is 26.7 Å². The van der Waals surface area contributed by atoms with Crippen LogP contribution in [-0.2, 0) is 11.2 Å². The lowest BCUT2D eigenvalue weighted by molar-refractivity contribution is -0.132. The van der Waals surface area contributed by atoms with Gasteiger partial charge < -0.3 is 9.80 Å². The highest BCUT2D eigenvalue weighted by Gasteiger charge is 2.26. The lowest BCUT2D eigenvalue weighted by Gasteiger charge is -2.33. The van der Waals surface area contributed by atoms with Crippen molar-refractivity contribution in [1.82, 2.24) is 19.7 Å². The molecule has 1 saturated heterocycles. The molecule has 158 valence electrons. The van der Waals surface area contributed by atoms with Gasteiger partial charge in [0.05, 0.1) is 35.0 Å². The van der Waals surface area contributed by atoms with Crippen LogP contribution in [0.2, 0.25) is 0 Å². The van der Waals surface area contributed by atoms with Gasteiger partial charge in [0.25, 0.3) is 5.56 Å². The molecule has 1 amide bonds. The largest absolute Gasteiger partial charge is 0.371 e.